The van der Waals surface area contributed by atoms with Crippen LogP contribution in [0, 0.1) is 5.82 Å². The molecule has 2 N–H and O–H groups in total. The van der Waals surface area contributed by atoms with E-state index in [9.17, 15) is 4.39 Å². The van der Waals surface area contributed by atoms with E-state index in [0.29, 0.717) is 35.0 Å². The molecule has 0 saturated carbocycles. The summed E-state index contributed by atoms with van der Waals surface area (Å²) in [6.07, 6.45) is 1.59. The third kappa shape index (κ3) is 4.29. The number of ether oxygens (including phenoxy) is 3. The summed E-state index contributed by atoms with van der Waals surface area (Å²) in [5.74, 6) is 0.397. The molecule has 1 aliphatic rings. The fraction of sp³-hybridized carbons (Fsp3) is 0.300. The second-order valence-electron chi connectivity index (χ2n) is 6.42. The van der Waals surface area contributed by atoms with Gasteiger partial charge in [0.05, 0.1) is 18.7 Å². The third-order valence-corrected chi connectivity index (χ3v) is 4.46. The molecular weight excluding hydrogens is 363 g/mol. The van der Waals surface area contributed by atoms with E-state index in [1.165, 1.54) is 12.1 Å². The molecule has 0 atom stereocenters. The molecule has 0 amide bonds. The van der Waals surface area contributed by atoms with Gasteiger partial charge in [-0.1, -0.05) is 0 Å². The summed E-state index contributed by atoms with van der Waals surface area (Å²) in [6.45, 7) is 4.63. The number of benzene rings is 1. The van der Waals surface area contributed by atoms with Gasteiger partial charge in [-0.25, -0.2) is 9.37 Å². The van der Waals surface area contributed by atoms with Gasteiger partial charge in [-0.2, -0.15) is 0 Å². The van der Waals surface area contributed by atoms with E-state index in [0.717, 1.165) is 32.8 Å². The van der Waals surface area contributed by atoms with Crippen molar-refractivity contribution in [3.05, 3.63) is 48.4 Å². The van der Waals surface area contributed by atoms with Crippen molar-refractivity contribution in [1.29, 1.82) is 0 Å². The van der Waals surface area contributed by atoms with Gasteiger partial charge in [-0.15, -0.1) is 0 Å². The van der Waals surface area contributed by atoms with E-state index in [1.54, 1.807) is 30.5 Å². The van der Waals surface area contributed by atoms with Crippen LogP contribution in [0.3, 0.4) is 0 Å². The predicted octanol–water partition coefficient (Wildman–Crippen LogP) is 2.85. The molecule has 0 bridgehead atoms. The summed E-state index contributed by atoms with van der Waals surface area (Å²) in [5, 5.41) is 0. The quantitative estimate of drug-likeness (QED) is 0.654. The summed E-state index contributed by atoms with van der Waals surface area (Å²) in [4.78, 5) is 11.1. The van der Waals surface area contributed by atoms with Crippen LogP contribution in [0.1, 0.15) is 0 Å². The van der Waals surface area contributed by atoms with Gasteiger partial charge in [0.1, 0.15) is 12.1 Å². The molecule has 1 saturated heterocycles. The van der Waals surface area contributed by atoms with Crippen molar-refractivity contribution in [2.45, 2.75) is 0 Å². The predicted molar refractivity (Wildman–Crippen MR) is 103 cm³/mol. The fourth-order valence-corrected chi connectivity index (χ4v) is 2.97. The Morgan fingerprint density at radius 3 is 2.79 bits per heavy atom. The monoisotopic (exact) mass is 384 g/mol. The lowest BCUT2D eigenvalue weighted by molar-refractivity contribution is 0.0320. The van der Waals surface area contributed by atoms with E-state index in [-0.39, 0.29) is 5.75 Å². The van der Waals surface area contributed by atoms with Crippen molar-refractivity contribution < 1.29 is 18.6 Å². The lowest BCUT2D eigenvalue weighted by Gasteiger charge is -2.26. The van der Waals surface area contributed by atoms with Crippen molar-refractivity contribution in [2.24, 2.45) is 0 Å². The summed E-state index contributed by atoms with van der Waals surface area (Å²) in [6, 6.07) is 9.49. The highest BCUT2D eigenvalue weighted by Crippen LogP contribution is 2.31. The van der Waals surface area contributed by atoms with Crippen LogP contribution in [0.25, 0.3) is 11.0 Å². The second-order valence-corrected chi connectivity index (χ2v) is 6.42. The third-order valence-electron chi connectivity index (χ3n) is 4.46. The highest BCUT2D eigenvalue weighted by Gasteiger charge is 2.12. The normalized spacial score (nSPS) is 14.9. The molecule has 1 aromatic carbocycles. The Hall–Kier alpha value is -2.97. The van der Waals surface area contributed by atoms with Crippen molar-refractivity contribution in [3.8, 4) is 17.4 Å². The number of nitrogen functional groups attached to an aromatic ring is 1. The molecule has 1 aliphatic heterocycles. The zero-order chi connectivity index (χ0) is 19.3. The van der Waals surface area contributed by atoms with Crippen LogP contribution in [0.4, 0.5) is 10.1 Å². The summed E-state index contributed by atoms with van der Waals surface area (Å²) >= 11 is 0. The van der Waals surface area contributed by atoms with Crippen LogP contribution in [-0.2, 0) is 4.74 Å². The number of nitrogens with two attached hydrogens (primary N) is 1. The van der Waals surface area contributed by atoms with Crippen LogP contribution in [-0.4, -0.2) is 54.3 Å². The SMILES string of the molecule is Nc1ccc(Oc2ccnc3ccc(OCCN4CCOCC4)nc23)c(F)c1. The average Bonchev–Trinajstić information content (AvgIpc) is 2.71. The maximum atomic E-state index is 14.1. The van der Waals surface area contributed by atoms with Gasteiger partial charge in [0.2, 0.25) is 5.88 Å². The smallest absolute Gasteiger partial charge is 0.214 e. The van der Waals surface area contributed by atoms with Gasteiger partial charge in [-0.3, -0.25) is 9.88 Å². The maximum Gasteiger partial charge on any atom is 0.214 e. The van der Waals surface area contributed by atoms with Crippen LogP contribution < -0.4 is 15.2 Å². The topological polar surface area (TPSA) is 82.7 Å². The molecule has 2 aromatic heterocycles. The summed E-state index contributed by atoms with van der Waals surface area (Å²) in [7, 11) is 0. The van der Waals surface area contributed by atoms with Gasteiger partial charge in [0.25, 0.3) is 0 Å². The molecule has 0 spiro atoms. The van der Waals surface area contributed by atoms with E-state index < -0.39 is 5.82 Å². The van der Waals surface area contributed by atoms with Gasteiger partial charge >= 0.3 is 0 Å². The van der Waals surface area contributed by atoms with Crippen LogP contribution in [0.5, 0.6) is 17.4 Å². The Morgan fingerprint density at radius 1 is 1.11 bits per heavy atom. The van der Waals surface area contributed by atoms with Crippen molar-refractivity contribution in [3.63, 3.8) is 0 Å². The zero-order valence-electron chi connectivity index (χ0n) is 15.3. The molecule has 0 unspecified atom stereocenters. The first-order valence-corrected chi connectivity index (χ1v) is 9.10. The molecule has 7 nitrogen and oxygen atoms in total. The molecule has 146 valence electrons. The number of halogens is 1. The Labute approximate surface area is 161 Å². The number of hydrogen-bond donors (Lipinski definition) is 1. The molecule has 28 heavy (non-hydrogen) atoms. The number of anilines is 1. The first-order valence-electron chi connectivity index (χ1n) is 9.10. The first-order chi connectivity index (χ1) is 13.7. The molecule has 0 radical (unpaired) electrons. The number of nitrogens with zero attached hydrogens (tertiary/aromatic N) is 3. The highest BCUT2D eigenvalue weighted by molar-refractivity contribution is 5.81. The minimum absolute atomic E-state index is 0.0714. The van der Waals surface area contributed by atoms with Crippen LogP contribution in [0.15, 0.2) is 42.6 Å². The van der Waals surface area contributed by atoms with Crippen molar-refractivity contribution in [1.82, 2.24) is 14.9 Å². The van der Waals surface area contributed by atoms with Crippen molar-refractivity contribution >= 4 is 16.7 Å². The Balaban J connectivity index is 1.50. The zero-order valence-corrected chi connectivity index (χ0v) is 15.3. The first kappa shape index (κ1) is 18.4. The lowest BCUT2D eigenvalue weighted by atomic mass is 10.3. The van der Waals surface area contributed by atoms with Crippen molar-refractivity contribution in [2.75, 3.05) is 45.2 Å². The average molecular weight is 384 g/mol. The lowest BCUT2D eigenvalue weighted by Crippen LogP contribution is -2.38. The summed E-state index contributed by atoms with van der Waals surface area (Å²) in [5.41, 5.74) is 7.05. The second kappa shape index (κ2) is 8.37. The van der Waals surface area contributed by atoms with E-state index in [1.807, 2.05) is 0 Å². The van der Waals surface area contributed by atoms with Gasteiger partial charge in [-0.05, 0) is 18.2 Å². The van der Waals surface area contributed by atoms with E-state index >= 15 is 0 Å². The molecule has 8 heteroatoms. The largest absolute Gasteiger partial charge is 0.476 e. The number of rotatable bonds is 6. The number of aromatic nitrogens is 2. The minimum atomic E-state index is -0.539. The molecule has 3 heterocycles. The van der Waals surface area contributed by atoms with E-state index in [2.05, 4.69) is 14.9 Å². The van der Waals surface area contributed by atoms with E-state index in [4.69, 9.17) is 19.9 Å². The number of hydrogen-bond acceptors (Lipinski definition) is 7. The number of pyridine rings is 2. The van der Waals surface area contributed by atoms with Crippen LogP contribution in [0.2, 0.25) is 0 Å². The highest BCUT2D eigenvalue weighted by atomic mass is 19.1. The molecule has 3 aromatic rings. The molecule has 0 aliphatic carbocycles. The maximum absolute atomic E-state index is 14.1. The van der Waals surface area contributed by atoms with Crippen LogP contribution >= 0.6 is 0 Å². The minimum Gasteiger partial charge on any atom is -0.476 e. The fourth-order valence-electron chi connectivity index (χ4n) is 2.97. The summed E-state index contributed by atoms with van der Waals surface area (Å²) < 4.78 is 30.9. The molecule has 1 fully saturated rings. The Morgan fingerprint density at radius 2 is 1.96 bits per heavy atom. The Bertz CT molecular complexity index is 963. The Kier molecular flexibility index (Phi) is 5.50. The number of fused-ring (bicyclic) bond motifs is 1. The number of morpholine rings is 1. The molecule has 4 rings (SSSR count). The van der Waals surface area contributed by atoms with Gasteiger partial charge < -0.3 is 19.9 Å². The standard InChI is InChI=1S/C20H21FN4O3/c21-15-13-14(22)1-3-17(15)28-18-5-6-23-16-2-4-19(24-20(16)18)27-12-9-25-7-10-26-11-8-25/h1-6,13H,7-12,22H2. The molecular formula is C20H21FN4O3. The van der Waals surface area contributed by atoms with Gasteiger partial charge in [0.15, 0.2) is 17.3 Å². The van der Waals surface area contributed by atoms with Gasteiger partial charge in [0, 0.05) is 49.7 Å².